The Morgan fingerprint density at radius 3 is 2.61 bits per heavy atom. The number of thiazole rings is 1. The molecule has 0 fully saturated rings. The van der Waals surface area contributed by atoms with E-state index in [9.17, 15) is 18.3 Å². The highest BCUT2D eigenvalue weighted by molar-refractivity contribution is 9.10. The van der Waals surface area contributed by atoms with Gasteiger partial charge in [0.2, 0.25) is 0 Å². The van der Waals surface area contributed by atoms with Crippen LogP contribution in [0.1, 0.15) is 21.7 Å². The molecule has 1 unspecified atom stereocenters. The normalized spacial score (nSPS) is 13.6. The molecule has 0 radical (unpaired) electrons. The first kappa shape index (κ1) is 13.4. The van der Waals surface area contributed by atoms with Crippen molar-refractivity contribution in [3.8, 4) is 0 Å². The molecule has 3 nitrogen and oxygen atoms in total. The Morgan fingerprint density at radius 2 is 2.06 bits per heavy atom. The molecule has 1 atom stereocenters. The SMILES string of the molecule is OC(c1cnc(C(F)(F)F)s1)c1ncccc1Br. The van der Waals surface area contributed by atoms with E-state index in [1.807, 2.05) is 0 Å². The number of rotatable bonds is 2. The topological polar surface area (TPSA) is 46.0 Å². The van der Waals surface area contributed by atoms with Gasteiger partial charge in [-0.1, -0.05) is 0 Å². The van der Waals surface area contributed by atoms with Gasteiger partial charge in [0.1, 0.15) is 6.10 Å². The van der Waals surface area contributed by atoms with Crippen molar-refractivity contribution < 1.29 is 18.3 Å². The minimum absolute atomic E-state index is 0.0988. The van der Waals surface area contributed by atoms with E-state index < -0.39 is 17.3 Å². The van der Waals surface area contributed by atoms with Crippen molar-refractivity contribution in [1.29, 1.82) is 0 Å². The lowest BCUT2D eigenvalue weighted by Gasteiger charge is -2.08. The zero-order valence-corrected chi connectivity index (χ0v) is 11.1. The highest BCUT2D eigenvalue weighted by atomic mass is 79.9. The highest BCUT2D eigenvalue weighted by Crippen LogP contribution is 2.36. The molecule has 8 heteroatoms. The van der Waals surface area contributed by atoms with Crippen molar-refractivity contribution in [2.45, 2.75) is 12.3 Å². The van der Waals surface area contributed by atoms with Crippen molar-refractivity contribution >= 4 is 27.3 Å². The Labute approximate surface area is 112 Å². The van der Waals surface area contributed by atoms with E-state index in [1.54, 1.807) is 12.1 Å². The van der Waals surface area contributed by atoms with E-state index in [-0.39, 0.29) is 10.6 Å². The van der Waals surface area contributed by atoms with Crippen LogP contribution in [0.3, 0.4) is 0 Å². The van der Waals surface area contributed by atoms with Crippen molar-refractivity contribution in [3.63, 3.8) is 0 Å². The summed E-state index contributed by atoms with van der Waals surface area (Å²) in [6, 6.07) is 3.30. The van der Waals surface area contributed by atoms with Crippen molar-refractivity contribution in [1.82, 2.24) is 9.97 Å². The lowest BCUT2D eigenvalue weighted by molar-refractivity contribution is -0.137. The first-order valence-corrected chi connectivity index (χ1v) is 6.32. The molecule has 0 aliphatic carbocycles. The molecule has 1 N–H and O–H groups in total. The zero-order chi connectivity index (χ0) is 13.3. The van der Waals surface area contributed by atoms with Crippen LogP contribution < -0.4 is 0 Å². The Hall–Kier alpha value is -0.990. The van der Waals surface area contributed by atoms with Crippen LogP contribution in [0.25, 0.3) is 0 Å². The Kier molecular flexibility index (Phi) is 3.69. The molecular formula is C10H6BrF3N2OS. The van der Waals surface area contributed by atoms with Gasteiger partial charge in [0, 0.05) is 16.9 Å². The first-order chi connectivity index (χ1) is 8.39. The fourth-order valence-corrected chi connectivity index (χ4v) is 2.52. The summed E-state index contributed by atoms with van der Waals surface area (Å²) in [6.45, 7) is 0. The number of nitrogens with zero attached hydrogens (tertiary/aromatic N) is 2. The summed E-state index contributed by atoms with van der Waals surface area (Å²) in [5, 5.41) is 8.98. The van der Waals surface area contributed by atoms with Gasteiger partial charge in [0.05, 0.1) is 10.6 Å². The Bertz CT molecular complexity index is 558. The summed E-state index contributed by atoms with van der Waals surface area (Å²) in [5.74, 6) is 0. The molecule has 0 aromatic carbocycles. The Balaban J connectivity index is 2.33. The van der Waals surface area contributed by atoms with E-state index in [2.05, 4.69) is 25.9 Å². The lowest BCUT2D eigenvalue weighted by Crippen LogP contribution is -2.03. The second-order valence-electron chi connectivity index (χ2n) is 3.34. The predicted molar refractivity (Wildman–Crippen MR) is 63.1 cm³/mol. The molecule has 2 aromatic rings. The van der Waals surface area contributed by atoms with Crippen LogP contribution in [0, 0.1) is 0 Å². The average Bonchev–Trinajstić information content (AvgIpc) is 2.77. The molecule has 0 saturated heterocycles. The van der Waals surface area contributed by atoms with Crippen LogP contribution >= 0.6 is 27.3 Å². The van der Waals surface area contributed by atoms with E-state index in [1.165, 1.54) is 6.20 Å². The second-order valence-corrected chi connectivity index (χ2v) is 5.26. The summed E-state index contributed by atoms with van der Waals surface area (Å²) < 4.78 is 37.7. The van der Waals surface area contributed by atoms with Crippen LogP contribution in [0.5, 0.6) is 0 Å². The predicted octanol–water partition coefficient (Wildman–Crippen LogP) is 3.40. The quantitative estimate of drug-likeness (QED) is 0.912. The van der Waals surface area contributed by atoms with Gasteiger partial charge in [-0.05, 0) is 28.1 Å². The number of aromatic nitrogens is 2. The maximum absolute atomic E-state index is 12.4. The molecule has 0 saturated carbocycles. The van der Waals surface area contributed by atoms with Gasteiger partial charge in [-0.25, -0.2) is 4.98 Å². The standard InChI is InChI=1S/C10H6BrF3N2OS/c11-5-2-1-3-15-7(5)8(17)6-4-16-9(18-6)10(12,13)14/h1-4,8,17H. The van der Waals surface area contributed by atoms with E-state index in [0.29, 0.717) is 15.8 Å². The van der Waals surface area contributed by atoms with Gasteiger partial charge < -0.3 is 5.11 Å². The molecule has 0 aliphatic heterocycles. The smallest absolute Gasteiger partial charge is 0.381 e. The molecule has 0 aliphatic rings. The molecule has 0 spiro atoms. The number of pyridine rings is 1. The largest absolute Gasteiger partial charge is 0.443 e. The fourth-order valence-electron chi connectivity index (χ4n) is 1.28. The lowest BCUT2D eigenvalue weighted by atomic mass is 10.2. The van der Waals surface area contributed by atoms with Crippen LogP contribution in [-0.2, 0) is 6.18 Å². The summed E-state index contributed by atoms with van der Waals surface area (Å²) in [7, 11) is 0. The molecule has 0 amide bonds. The van der Waals surface area contributed by atoms with E-state index >= 15 is 0 Å². The average molecular weight is 339 g/mol. The summed E-state index contributed by atoms with van der Waals surface area (Å²) in [6.07, 6.45) is -3.26. The Morgan fingerprint density at radius 1 is 1.33 bits per heavy atom. The number of halogens is 4. The van der Waals surface area contributed by atoms with Crippen molar-refractivity contribution in [3.05, 3.63) is 44.6 Å². The summed E-state index contributed by atoms with van der Waals surface area (Å²) in [5.41, 5.74) is 0.259. The van der Waals surface area contributed by atoms with E-state index in [4.69, 9.17) is 0 Å². The van der Waals surface area contributed by atoms with Gasteiger partial charge in [-0.15, -0.1) is 11.3 Å². The first-order valence-electron chi connectivity index (χ1n) is 4.71. The van der Waals surface area contributed by atoms with Crippen LogP contribution in [0.2, 0.25) is 0 Å². The third-order valence-corrected chi connectivity index (χ3v) is 3.85. The van der Waals surface area contributed by atoms with E-state index in [0.717, 1.165) is 6.20 Å². The van der Waals surface area contributed by atoms with Crippen LogP contribution in [-0.4, -0.2) is 15.1 Å². The van der Waals surface area contributed by atoms with Gasteiger partial charge in [-0.2, -0.15) is 13.2 Å². The molecule has 18 heavy (non-hydrogen) atoms. The molecule has 2 rings (SSSR count). The monoisotopic (exact) mass is 338 g/mol. The molecule has 2 aromatic heterocycles. The summed E-state index contributed by atoms with van der Waals surface area (Å²) >= 11 is 3.58. The van der Waals surface area contributed by atoms with Crippen LogP contribution in [0.4, 0.5) is 13.2 Å². The highest BCUT2D eigenvalue weighted by Gasteiger charge is 2.35. The maximum Gasteiger partial charge on any atom is 0.443 e. The number of hydrogen-bond acceptors (Lipinski definition) is 4. The minimum Gasteiger partial charge on any atom is -0.381 e. The third-order valence-electron chi connectivity index (χ3n) is 2.08. The number of hydrogen-bond donors (Lipinski definition) is 1. The maximum atomic E-state index is 12.4. The third kappa shape index (κ3) is 2.70. The van der Waals surface area contributed by atoms with Gasteiger partial charge in [-0.3, -0.25) is 4.98 Å². The zero-order valence-electron chi connectivity index (χ0n) is 8.65. The van der Waals surface area contributed by atoms with Crippen LogP contribution in [0.15, 0.2) is 29.0 Å². The molecule has 0 bridgehead atoms. The van der Waals surface area contributed by atoms with Gasteiger partial charge in [0.15, 0.2) is 5.01 Å². The van der Waals surface area contributed by atoms with Gasteiger partial charge in [0.25, 0.3) is 0 Å². The van der Waals surface area contributed by atoms with Gasteiger partial charge >= 0.3 is 6.18 Å². The van der Waals surface area contributed by atoms with Crippen molar-refractivity contribution in [2.24, 2.45) is 0 Å². The number of alkyl halides is 3. The molecule has 96 valence electrons. The fraction of sp³-hybridized carbons (Fsp3) is 0.200. The number of aliphatic hydroxyl groups excluding tert-OH is 1. The number of aliphatic hydroxyl groups is 1. The molecule has 2 heterocycles. The summed E-state index contributed by atoms with van der Waals surface area (Å²) in [4.78, 5) is 7.28. The second kappa shape index (κ2) is 4.94. The molecular weight excluding hydrogens is 333 g/mol. The minimum atomic E-state index is -4.50. The van der Waals surface area contributed by atoms with Crippen molar-refractivity contribution in [2.75, 3.05) is 0 Å².